The first-order valence-electron chi connectivity index (χ1n) is 7.47. The molecule has 0 N–H and O–H groups in total. The van der Waals surface area contributed by atoms with E-state index in [9.17, 15) is 4.79 Å². The van der Waals surface area contributed by atoms with Gasteiger partial charge in [0.2, 0.25) is 0 Å². The Morgan fingerprint density at radius 1 is 0.818 bits per heavy atom. The van der Waals surface area contributed by atoms with Gasteiger partial charge in [0.15, 0.2) is 0 Å². The van der Waals surface area contributed by atoms with E-state index in [1.807, 2.05) is 50.2 Å². The van der Waals surface area contributed by atoms with Crippen LogP contribution in [-0.4, -0.2) is 5.78 Å². The Hall–Kier alpha value is -1.31. The highest BCUT2D eigenvalue weighted by molar-refractivity contribution is 6.30. The van der Waals surface area contributed by atoms with Gasteiger partial charge in [0.05, 0.1) is 0 Å². The van der Waals surface area contributed by atoms with Crippen molar-refractivity contribution in [3.8, 4) is 0 Å². The van der Waals surface area contributed by atoms with Crippen LogP contribution >= 0.6 is 23.2 Å². The van der Waals surface area contributed by atoms with Gasteiger partial charge in [-0.15, -0.1) is 0 Å². The first-order chi connectivity index (χ1) is 10.5. The lowest BCUT2D eigenvalue weighted by atomic mass is 9.98. The van der Waals surface area contributed by atoms with Crippen LogP contribution in [-0.2, 0) is 17.6 Å². The van der Waals surface area contributed by atoms with E-state index in [0.29, 0.717) is 18.6 Å². The van der Waals surface area contributed by atoms with Crippen LogP contribution in [0.1, 0.15) is 35.1 Å². The number of halogens is 2. The monoisotopic (exact) mass is 334 g/mol. The highest BCUT2D eigenvalue weighted by Gasteiger charge is 2.07. The van der Waals surface area contributed by atoms with Gasteiger partial charge in [0, 0.05) is 22.9 Å². The number of ketones is 1. The predicted octanol–water partition coefficient (Wildman–Crippen LogP) is 5.74. The zero-order chi connectivity index (χ0) is 16.1. The molecule has 2 aromatic carbocycles. The standard InChI is InChI=1S/C19H20Cl2O/c1-13-11-17(20)7-3-15(13)5-9-19(22)10-6-16-4-8-18(21)12-14(16)2/h3-4,7-8,11-12H,5-6,9-10H2,1-2H3. The molecule has 0 spiro atoms. The van der Waals surface area contributed by atoms with Crippen molar-refractivity contribution in [2.45, 2.75) is 39.5 Å². The van der Waals surface area contributed by atoms with Crippen molar-refractivity contribution >= 4 is 29.0 Å². The van der Waals surface area contributed by atoms with E-state index in [1.165, 1.54) is 11.1 Å². The van der Waals surface area contributed by atoms with Gasteiger partial charge in [0.1, 0.15) is 5.78 Å². The van der Waals surface area contributed by atoms with E-state index < -0.39 is 0 Å². The summed E-state index contributed by atoms with van der Waals surface area (Å²) in [7, 11) is 0. The second kappa shape index (κ2) is 7.80. The van der Waals surface area contributed by atoms with Crippen molar-refractivity contribution in [2.75, 3.05) is 0 Å². The molecule has 116 valence electrons. The molecule has 0 bridgehead atoms. The van der Waals surface area contributed by atoms with Gasteiger partial charge in [-0.05, 0) is 73.2 Å². The van der Waals surface area contributed by atoms with Crippen LogP contribution < -0.4 is 0 Å². The Morgan fingerprint density at radius 3 is 1.59 bits per heavy atom. The molecule has 0 unspecified atom stereocenters. The maximum absolute atomic E-state index is 12.1. The van der Waals surface area contributed by atoms with E-state index in [4.69, 9.17) is 23.2 Å². The summed E-state index contributed by atoms with van der Waals surface area (Å²) in [6.45, 7) is 4.06. The maximum atomic E-state index is 12.1. The van der Waals surface area contributed by atoms with E-state index >= 15 is 0 Å². The average molecular weight is 335 g/mol. The van der Waals surface area contributed by atoms with Crippen LogP contribution in [0.25, 0.3) is 0 Å². The van der Waals surface area contributed by atoms with Crippen LogP contribution in [0.4, 0.5) is 0 Å². The Bertz CT molecular complexity index is 620. The highest BCUT2D eigenvalue weighted by atomic mass is 35.5. The van der Waals surface area contributed by atoms with Gasteiger partial charge in [-0.3, -0.25) is 4.79 Å². The number of Topliss-reactive ketones (excluding diaryl/α,β-unsaturated/α-hetero) is 1. The van der Waals surface area contributed by atoms with E-state index in [0.717, 1.165) is 34.0 Å². The van der Waals surface area contributed by atoms with Gasteiger partial charge < -0.3 is 0 Å². The lowest BCUT2D eigenvalue weighted by molar-refractivity contribution is -0.119. The lowest BCUT2D eigenvalue weighted by Gasteiger charge is -2.07. The van der Waals surface area contributed by atoms with Crippen LogP contribution in [0.2, 0.25) is 10.0 Å². The summed E-state index contributed by atoms with van der Waals surface area (Å²) in [4.78, 5) is 12.1. The van der Waals surface area contributed by atoms with Crippen molar-refractivity contribution < 1.29 is 4.79 Å². The fourth-order valence-electron chi connectivity index (χ4n) is 2.55. The Labute approximate surface area is 142 Å². The molecule has 1 nitrogen and oxygen atoms in total. The molecule has 0 aliphatic heterocycles. The molecule has 22 heavy (non-hydrogen) atoms. The third-order valence-electron chi connectivity index (χ3n) is 3.96. The van der Waals surface area contributed by atoms with Gasteiger partial charge in [0.25, 0.3) is 0 Å². The number of carbonyl (C=O) groups is 1. The van der Waals surface area contributed by atoms with Crippen molar-refractivity contribution in [1.29, 1.82) is 0 Å². The first-order valence-corrected chi connectivity index (χ1v) is 8.23. The molecule has 0 saturated carbocycles. The summed E-state index contributed by atoms with van der Waals surface area (Å²) < 4.78 is 0. The predicted molar refractivity (Wildman–Crippen MR) is 94.0 cm³/mol. The molecule has 0 atom stereocenters. The molecule has 0 heterocycles. The summed E-state index contributed by atoms with van der Waals surface area (Å²) in [6.07, 6.45) is 2.72. The SMILES string of the molecule is Cc1cc(Cl)ccc1CCC(=O)CCc1ccc(Cl)cc1C. The summed E-state index contributed by atoms with van der Waals surface area (Å²) in [5.74, 6) is 0.295. The molecule has 2 aromatic rings. The number of hydrogen-bond acceptors (Lipinski definition) is 1. The zero-order valence-electron chi connectivity index (χ0n) is 13.0. The first kappa shape index (κ1) is 17.1. The Kier molecular flexibility index (Phi) is 6.05. The number of carbonyl (C=O) groups excluding carboxylic acids is 1. The normalized spacial score (nSPS) is 10.7. The second-order valence-electron chi connectivity index (χ2n) is 5.68. The van der Waals surface area contributed by atoms with Crippen molar-refractivity contribution in [1.82, 2.24) is 0 Å². The summed E-state index contributed by atoms with van der Waals surface area (Å²) in [5, 5.41) is 1.48. The number of hydrogen-bond donors (Lipinski definition) is 0. The Balaban J connectivity index is 1.85. The van der Waals surface area contributed by atoms with Crippen LogP contribution in [0.15, 0.2) is 36.4 Å². The van der Waals surface area contributed by atoms with E-state index in [2.05, 4.69) is 0 Å². The number of rotatable bonds is 6. The topological polar surface area (TPSA) is 17.1 Å². The molecule has 0 radical (unpaired) electrons. The van der Waals surface area contributed by atoms with Crippen LogP contribution in [0, 0.1) is 13.8 Å². The number of benzene rings is 2. The van der Waals surface area contributed by atoms with E-state index in [-0.39, 0.29) is 0 Å². The Morgan fingerprint density at radius 2 is 1.23 bits per heavy atom. The van der Waals surface area contributed by atoms with Crippen molar-refractivity contribution in [3.05, 3.63) is 68.7 Å². The molecule has 0 fully saturated rings. The van der Waals surface area contributed by atoms with Gasteiger partial charge in [-0.2, -0.15) is 0 Å². The molecule has 0 amide bonds. The van der Waals surface area contributed by atoms with Gasteiger partial charge >= 0.3 is 0 Å². The minimum atomic E-state index is 0.295. The smallest absolute Gasteiger partial charge is 0.133 e. The van der Waals surface area contributed by atoms with Crippen molar-refractivity contribution in [3.63, 3.8) is 0 Å². The minimum absolute atomic E-state index is 0.295. The fourth-order valence-corrected chi connectivity index (χ4v) is 3.01. The molecule has 3 heteroatoms. The summed E-state index contributed by atoms with van der Waals surface area (Å²) in [5.41, 5.74) is 4.68. The minimum Gasteiger partial charge on any atom is -0.300 e. The molecular formula is C19H20Cl2O. The zero-order valence-corrected chi connectivity index (χ0v) is 14.5. The largest absolute Gasteiger partial charge is 0.300 e. The molecule has 0 aromatic heterocycles. The molecule has 0 saturated heterocycles. The van der Waals surface area contributed by atoms with Gasteiger partial charge in [-0.25, -0.2) is 0 Å². The average Bonchev–Trinajstić information content (AvgIpc) is 2.45. The molecule has 0 aliphatic carbocycles. The molecule has 2 rings (SSSR count). The van der Waals surface area contributed by atoms with Crippen molar-refractivity contribution in [2.24, 2.45) is 0 Å². The molecule has 0 aliphatic rings. The van der Waals surface area contributed by atoms with E-state index in [1.54, 1.807) is 0 Å². The molecular weight excluding hydrogens is 315 g/mol. The van der Waals surface area contributed by atoms with Crippen LogP contribution in [0.3, 0.4) is 0 Å². The van der Waals surface area contributed by atoms with Gasteiger partial charge in [-0.1, -0.05) is 35.3 Å². The lowest BCUT2D eigenvalue weighted by Crippen LogP contribution is -2.03. The van der Waals surface area contributed by atoms with Crippen LogP contribution in [0.5, 0.6) is 0 Å². The highest BCUT2D eigenvalue weighted by Crippen LogP contribution is 2.19. The maximum Gasteiger partial charge on any atom is 0.133 e. The quantitative estimate of drug-likeness (QED) is 0.657. The third-order valence-corrected chi connectivity index (χ3v) is 4.43. The summed E-state index contributed by atoms with van der Waals surface area (Å²) >= 11 is 11.9. The number of aryl methyl sites for hydroxylation is 4. The summed E-state index contributed by atoms with van der Waals surface area (Å²) in [6, 6.07) is 11.7. The fraction of sp³-hybridized carbons (Fsp3) is 0.316. The third kappa shape index (κ3) is 4.86. The second-order valence-corrected chi connectivity index (χ2v) is 6.55.